The molecule has 0 aromatic heterocycles. The number of nitrogens with zero attached hydrogens (tertiary/aromatic N) is 2. The molecule has 1 aliphatic heterocycles. The number of hydrogen-bond acceptors (Lipinski definition) is 5. The van der Waals surface area contributed by atoms with Crippen LogP contribution in [0.4, 0.5) is 0 Å². The second-order valence-corrected chi connectivity index (χ2v) is 4.77. The number of unbranched alkanes of at least 4 members (excludes halogenated alkanes) is 1. The summed E-state index contributed by atoms with van der Waals surface area (Å²) in [4.78, 5) is 27.9. The van der Waals surface area contributed by atoms with Crippen LogP contribution < -0.4 is 5.32 Å². The number of rotatable bonds is 9. The van der Waals surface area contributed by atoms with Crippen LogP contribution in [0, 0.1) is 10.1 Å². The SMILES string of the molecule is O=C(CCCCO[N+](=O)[O-])NCCN1CCCCC1. The Morgan fingerprint density at radius 2 is 2.00 bits per heavy atom. The average Bonchev–Trinajstić information content (AvgIpc) is 2.39. The van der Waals surface area contributed by atoms with E-state index >= 15 is 0 Å². The molecular weight excluding hydrogens is 250 g/mol. The van der Waals surface area contributed by atoms with Crippen molar-refractivity contribution >= 4 is 5.91 Å². The Hall–Kier alpha value is -1.37. The van der Waals surface area contributed by atoms with Gasteiger partial charge >= 0.3 is 0 Å². The third-order valence-electron chi connectivity index (χ3n) is 3.19. The Morgan fingerprint density at radius 1 is 1.26 bits per heavy atom. The molecular formula is C12H23N3O4. The van der Waals surface area contributed by atoms with Crippen molar-refractivity contribution in [3.8, 4) is 0 Å². The van der Waals surface area contributed by atoms with Crippen LogP contribution in [0.15, 0.2) is 0 Å². The van der Waals surface area contributed by atoms with Crippen molar-refractivity contribution in [1.82, 2.24) is 10.2 Å². The number of amides is 1. The van der Waals surface area contributed by atoms with Gasteiger partial charge in [-0.05, 0) is 38.8 Å². The van der Waals surface area contributed by atoms with Crippen molar-refractivity contribution < 1.29 is 14.7 Å². The molecule has 0 bridgehead atoms. The highest BCUT2D eigenvalue weighted by Crippen LogP contribution is 2.07. The van der Waals surface area contributed by atoms with Gasteiger partial charge in [0.05, 0.1) is 6.61 Å². The molecule has 1 amide bonds. The van der Waals surface area contributed by atoms with Crippen LogP contribution in [-0.2, 0) is 9.63 Å². The van der Waals surface area contributed by atoms with Crippen molar-refractivity contribution in [2.75, 3.05) is 32.8 Å². The zero-order valence-corrected chi connectivity index (χ0v) is 11.3. The summed E-state index contributed by atoms with van der Waals surface area (Å²) >= 11 is 0. The minimum absolute atomic E-state index is 0.0121. The number of piperidine rings is 1. The summed E-state index contributed by atoms with van der Waals surface area (Å²) in [6.45, 7) is 3.93. The predicted molar refractivity (Wildman–Crippen MR) is 70.1 cm³/mol. The monoisotopic (exact) mass is 273 g/mol. The van der Waals surface area contributed by atoms with Crippen molar-refractivity contribution in [3.63, 3.8) is 0 Å². The fourth-order valence-electron chi connectivity index (χ4n) is 2.15. The van der Waals surface area contributed by atoms with Crippen LogP contribution in [0.1, 0.15) is 38.5 Å². The van der Waals surface area contributed by atoms with Gasteiger partial charge in [0.2, 0.25) is 5.91 Å². The van der Waals surface area contributed by atoms with E-state index in [1.807, 2.05) is 0 Å². The van der Waals surface area contributed by atoms with Gasteiger partial charge in [-0.1, -0.05) is 6.42 Å². The standard InChI is InChI=1S/C12H23N3O4/c16-12(6-2-5-11-19-15(17)18)13-7-10-14-8-3-1-4-9-14/h1-11H2,(H,13,16). The molecule has 0 atom stereocenters. The van der Waals surface area contributed by atoms with Gasteiger partial charge in [0.25, 0.3) is 5.09 Å². The van der Waals surface area contributed by atoms with Gasteiger partial charge in [0.15, 0.2) is 0 Å². The minimum Gasteiger partial charge on any atom is -0.355 e. The zero-order chi connectivity index (χ0) is 13.9. The first-order valence-corrected chi connectivity index (χ1v) is 6.95. The molecule has 1 heterocycles. The second kappa shape index (κ2) is 9.55. The van der Waals surface area contributed by atoms with Gasteiger partial charge in [-0.3, -0.25) is 4.79 Å². The van der Waals surface area contributed by atoms with E-state index in [1.54, 1.807) is 0 Å². The zero-order valence-electron chi connectivity index (χ0n) is 11.3. The lowest BCUT2D eigenvalue weighted by Crippen LogP contribution is -2.37. The summed E-state index contributed by atoms with van der Waals surface area (Å²) in [5.74, 6) is 0.0121. The molecule has 7 nitrogen and oxygen atoms in total. The largest absolute Gasteiger partial charge is 0.355 e. The van der Waals surface area contributed by atoms with Crippen molar-refractivity contribution in [1.29, 1.82) is 0 Å². The van der Waals surface area contributed by atoms with Crippen LogP contribution >= 0.6 is 0 Å². The topological polar surface area (TPSA) is 84.7 Å². The predicted octanol–water partition coefficient (Wildman–Crippen LogP) is 0.967. The van der Waals surface area contributed by atoms with Gasteiger partial charge < -0.3 is 15.1 Å². The molecule has 0 aromatic rings. The molecule has 1 fully saturated rings. The Morgan fingerprint density at radius 3 is 2.68 bits per heavy atom. The van der Waals surface area contributed by atoms with E-state index in [4.69, 9.17) is 0 Å². The number of carbonyl (C=O) groups excluding carboxylic acids is 1. The molecule has 1 N–H and O–H groups in total. The Labute approximate surface area is 113 Å². The van der Waals surface area contributed by atoms with E-state index in [9.17, 15) is 14.9 Å². The smallest absolute Gasteiger partial charge is 0.294 e. The molecule has 110 valence electrons. The Balaban J connectivity index is 1.91. The summed E-state index contributed by atoms with van der Waals surface area (Å²) < 4.78 is 0. The lowest BCUT2D eigenvalue weighted by atomic mass is 10.1. The maximum Gasteiger partial charge on any atom is 0.294 e. The molecule has 0 radical (unpaired) electrons. The first-order valence-electron chi connectivity index (χ1n) is 6.95. The van der Waals surface area contributed by atoms with Crippen LogP contribution in [0.2, 0.25) is 0 Å². The van der Waals surface area contributed by atoms with E-state index < -0.39 is 5.09 Å². The number of carbonyl (C=O) groups is 1. The molecule has 0 saturated carbocycles. The highest BCUT2D eigenvalue weighted by molar-refractivity contribution is 5.75. The lowest BCUT2D eigenvalue weighted by Gasteiger charge is -2.26. The summed E-state index contributed by atoms with van der Waals surface area (Å²) in [7, 11) is 0. The molecule has 0 spiro atoms. The van der Waals surface area contributed by atoms with Gasteiger partial charge in [0, 0.05) is 19.5 Å². The molecule has 1 saturated heterocycles. The van der Waals surface area contributed by atoms with Gasteiger partial charge in [-0.25, -0.2) is 0 Å². The lowest BCUT2D eigenvalue weighted by molar-refractivity contribution is -0.757. The normalized spacial score (nSPS) is 16.0. The third-order valence-corrected chi connectivity index (χ3v) is 3.19. The molecule has 0 unspecified atom stereocenters. The Bertz CT molecular complexity index is 280. The number of nitrogens with one attached hydrogen (secondary N) is 1. The summed E-state index contributed by atoms with van der Waals surface area (Å²) in [6.07, 6.45) is 5.37. The maximum absolute atomic E-state index is 11.5. The number of hydrogen-bond donors (Lipinski definition) is 1. The van der Waals surface area contributed by atoms with E-state index in [2.05, 4.69) is 15.1 Å². The fourth-order valence-corrected chi connectivity index (χ4v) is 2.15. The first kappa shape index (κ1) is 15.7. The van der Waals surface area contributed by atoms with Gasteiger partial charge in [-0.2, -0.15) is 0 Å². The van der Waals surface area contributed by atoms with Crippen LogP contribution in [0.3, 0.4) is 0 Å². The summed E-state index contributed by atoms with van der Waals surface area (Å²) in [5, 5.41) is 12.0. The molecule has 7 heteroatoms. The maximum atomic E-state index is 11.5. The van der Waals surface area contributed by atoms with Crippen molar-refractivity contribution in [2.24, 2.45) is 0 Å². The second-order valence-electron chi connectivity index (χ2n) is 4.77. The van der Waals surface area contributed by atoms with Crippen LogP contribution in [-0.4, -0.2) is 48.7 Å². The first-order chi connectivity index (χ1) is 9.18. The molecule has 19 heavy (non-hydrogen) atoms. The quantitative estimate of drug-likeness (QED) is 0.384. The highest BCUT2D eigenvalue weighted by Gasteiger charge is 2.09. The van der Waals surface area contributed by atoms with E-state index in [0.717, 1.165) is 19.6 Å². The molecule has 0 aliphatic carbocycles. The molecule has 0 aromatic carbocycles. The van der Waals surface area contributed by atoms with Crippen LogP contribution in [0.25, 0.3) is 0 Å². The van der Waals surface area contributed by atoms with E-state index in [1.165, 1.54) is 19.3 Å². The average molecular weight is 273 g/mol. The summed E-state index contributed by atoms with van der Waals surface area (Å²) in [6, 6.07) is 0. The fraction of sp³-hybridized carbons (Fsp3) is 0.917. The third kappa shape index (κ3) is 8.36. The van der Waals surface area contributed by atoms with Crippen molar-refractivity contribution in [3.05, 3.63) is 10.1 Å². The summed E-state index contributed by atoms with van der Waals surface area (Å²) in [5.41, 5.74) is 0. The van der Waals surface area contributed by atoms with Crippen molar-refractivity contribution in [2.45, 2.75) is 38.5 Å². The van der Waals surface area contributed by atoms with E-state index in [0.29, 0.717) is 25.8 Å². The van der Waals surface area contributed by atoms with Gasteiger partial charge in [-0.15, -0.1) is 10.1 Å². The van der Waals surface area contributed by atoms with Gasteiger partial charge in [0.1, 0.15) is 0 Å². The molecule has 1 rings (SSSR count). The van der Waals surface area contributed by atoms with E-state index in [-0.39, 0.29) is 12.5 Å². The Kier molecular flexibility index (Phi) is 7.88. The van der Waals surface area contributed by atoms with Crippen LogP contribution in [0.5, 0.6) is 0 Å². The molecule has 1 aliphatic rings. The minimum atomic E-state index is -0.807. The number of likely N-dealkylation sites (tertiary alicyclic amines) is 1. The highest BCUT2D eigenvalue weighted by atomic mass is 16.9.